The maximum atomic E-state index is 13.2. The Morgan fingerprint density at radius 3 is 0.966 bits per heavy atom. The van der Waals surface area contributed by atoms with E-state index in [0.29, 0.717) is 0 Å². The van der Waals surface area contributed by atoms with Gasteiger partial charge in [0.05, 0.1) is 6.10 Å². The average molecular weight is 478 g/mol. The third-order valence-corrected chi connectivity index (χ3v) is 3.34. The van der Waals surface area contributed by atoms with Crippen molar-refractivity contribution in [2.75, 3.05) is 0 Å². The molecule has 0 spiro atoms. The summed E-state index contributed by atoms with van der Waals surface area (Å²) in [5.74, 6) is -56.5. The van der Waals surface area contributed by atoms with Gasteiger partial charge < -0.3 is 5.11 Å². The molecule has 0 aromatic heterocycles. The monoisotopic (exact) mass is 478 g/mol. The highest BCUT2D eigenvalue weighted by atomic mass is 19.4. The third-order valence-electron chi connectivity index (χ3n) is 3.34. The van der Waals surface area contributed by atoms with E-state index in [1.807, 2.05) is 0 Å². The van der Waals surface area contributed by atoms with Crippen molar-refractivity contribution in [1.82, 2.24) is 0 Å². The van der Waals surface area contributed by atoms with Crippen LogP contribution in [0.4, 0.5) is 74.6 Å². The molecule has 29 heavy (non-hydrogen) atoms. The van der Waals surface area contributed by atoms with Crippen LogP contribution in [0.25, 0.3) is 0 Å². The zero-order valence-electron chi connectivity index (χ0n) is 13.2. The molecule has 0 aliphatic heterocycles. The first-order valence-corrected chi connectivity index (χ1v) is 6.56. The lowest BCUT2D eigenvalue weighted by molar-refractivity contribution is -0.462. The van der Waals surface area contributed by atoms with Gasteiger partial charge in [0.1, 0.15) is 0 Å². The molecule has 0 rings (SSSR count). The van der Waals surface area contributed by atoms with Crippen molar-refractivity contribution < 1.29 is 79.7 Å². The van der Waals surface area contributed by atoms with E-state index < -0.39 is 60.2 Å². The molecule has 1 N–H and O–H groups in total. The zero-order valence-corrected chi connectivity index (χ0v) is 13.2. The molecule has 0 bridgehead atoms. The number of halogens is 17. The van der Waals surface area contributed by atoms with E-state index in [0.717, 1.165) is 0 Å². The van der Waals surface area contributed by atoms with Gasteiger partial charge in [-0.25, -0.2) is 0 Å². The molecule has 0 saturated heterocycles. The quantitative estimate of drug-likeness (QED) is 0.440. The van der Waals surface area contributed by atoms with Crippen LogP contribution in [0.1, 0.15) is 13.3 Å². The topological polar surface area (TPSA) is 20.2 Å². The summed E-state index contributed by atoms with van der Waals surface area (Å²) in [4.78, 5) is 0. The third kappa shape index (κ3) is 3.68. The highest BCUT2D eigenvalue weighted by Gasteiger charge is 2.95. The second-order valence-electron chi connectivity index (χ2n) is 5.70. The number of hydrogen-bond acceptors (Lipinski definition) is 1. The second kappa shape index (κ2) is 6.90. The van der Waals surface area contributed by atoms with Crippen molar-refractivity contribution in [2.45, 2.75) is 67.1 Å². The minimum Gasteiger partial charge on any atom is -0.393 e. The first kappa shape index (κ1) is 27.8. The lowest BCUT2D eigenvalue weighted by Gasteiger charge is -2.43. The minimum absolute atomic E-state index is 0.187. The summed E-state index contributed by atoms with van der Waals surface area (Å²) >= 11 is 0. The Labute approximate surface area is 148 Å². The summed E-state index contributed by atoms with van der Waals surface area (Å²) in [6.07, 6.45) is -13.3. The summed E-state index contributed by atoms with van der Waals surface area (Å²) in [7, 11) is 0. The van der Waals surface area contributed by atoms with Gasteiger partial charge in [-0.05, 0) is 6.92 Å². The van der Waals surface area contributed by atoms with Crippen molar-refractivity contribution in [3.63, 3.8) is 0 Å². The van der Waals surface area contributed by atoms with Crippen LogP contribution in [-0.2, 0) is 0 Å². The van der Waals surface area contributed by atoms with Gasteiger partial charge in [-0.15, -0.1) is 0 Å². The van der Waals surface area contributed by atoms with E-state index in [1.54, 1.807) is 0 Å². The number of hydrogen-bond donors (Lipinski definition) is 1. The molecule has 1 atom stereocenters. The van der Waals surface area contributed by atoms with Gasteiger partial charge in [-0.2, -0.15) is 74.6 Å². The van der Waals surface area contributed by atoms with Crippen molar-refractivity contribution in [1.29, 1.82) is 0 Å². The predicted octanol–water partition coefficient (Wildman–Crippen LogP) is 5.77. The number of rotatable bonds is 8. The van der Waals surface area contributed by atoms with Gasteiger partial charge in [0, 0.05) is 6.42 Å². The van der Waals surface area contributed by atoms with E-state index >= 15 is 0 Å². The molecule has 0 heterocycles. The minimum atomic E-state index is -8.63. The average Bonchev–Trinajstić information content (AvgIpc) is 2.43. The Balaban J connectivity index is 6.65. The molecule has 0 aromatic carbocycles. The zero-order chi connectivity index (χ0) is 24.3. The van der Waals surface area contributed by atoms with Gasteiger partial charge >= 0.3 is 47.6 Å². The van der Waals surface area contributed by atoms with E-state index in [9.17, 15) is 74.6 Å². The molecule has 0 aromatic rings. The Hall–Kier alpha value is -1.23. The van der Waals surface area contributed by atoms with E-state index in [4.69, 9.17) is 5.11 Å². The molecular weight excluding hydrogens is 471 g/mol. The Kier molecular flexibility index (Phi) is 6.60. The van der Waals surface area contributed by atoms with Gasteiger partial charge in [0.25, 0.3) is 0 Å². The second-order valence-corrected chi connectivity index (χ2v) is 5.70. The van der Waals surface area contributed by atoms with E-state index in [2.05, 4.69) is 0 Å². The molecule has 0 fully saturated rings. The van der Waals surface area contributed by atoms with Gasteiger partial charge in [0.2, 0.25) is 0 Å². The van der Waals surface area contributed by atoms with E-state index in [-0.39, 0.29) is 6.92 Å². The Morgan fingerprint density at radius 2 is 0.724 bits per heavy atom. The Morgan fingerprint density at radius 1 is 0.483 bits per heavy atom. The first-order valence-electron chi connectivity index (χ1n) is 6.56. The molecule has 1 unspecified atom stereocenters. The summed E-state index contributed by atoms with van der Waals surface area (Å²) < 4.78 is 218. The summed E-state index contributed by atoms with van der Waals surface area (Å²) in [6, 6.07) is 0. The van der Waals surface area contributed by atoms with Crippen LogP contribution in [0.15, 0.2) is 0 Å². The molecule has 0 aliphatic carbocycles. The van der Waals surface area contributed by atoms with Crippen molar-refractivity contribution in [3.8, 4) is 0 Å². The number of alkyl halides is 17. The maximum Gasteiger partial charge on any atom is 0.460 e. The fourth-order valence-corrected chi connectivity index (χ4v) is 1.70. The number of aliphatic hydroxyl groups excluding tert-OH is 1. The SMILES string of the molecule is CC(O)CC(F)(F)C(F)(F)C(F)(F)C(F)(F)C(F)(F)C(F)(F)C(F)(F)C(F)(F)F. The molecular formula is C11H7F17O. The summed E-state index contributed by atoms with van der Waals surface area (Å²) in [5.41, 5.74) is 0. The fourth-order valence-electron chi connectivity index (χ4n) is 1.70. The van der Waals surface area contributed by atoms with Gasteiger partial charge in [0.15, 0.2) is 0 Å². The summed E-state index contributed by atoms with van der Waals surface area (Å²) in [5, 5.41) is 8.47. The molecule has 18 heteroatoms. The highest BCUT2D eigenvalue weighted by molar-refractivity contribution is 5.15. The van der Waals surface area contributed by atoms with E-state index in [1.165, 1.54) is 0 Å². The lowest BCUT2D eigenvalue weighted by Crippen LogP contribution is -2.74. The van der Waals surface area contributed by atoms with Crippen LogP contribution in [0.5, 0.6) is 0 Å². The first-order chi connectivity index (χ1) is 12.2. The fraction of sp³-hybridized carbons (Fsp3) is 1.00. The van der Waals surface area contributed by atoms with Crippen LogP contribution >= 0.6 is 0 Å². The Bertz CT molecular complexity index is 587. The smallest absolute Gasteiger partial charge is 0.393 e. The van der Waals surface area contributed by atoms with Gasteiger partial charge in [-0.1, -0.05) is 0 Å². The standard InChI is InChI=1S/C11H7F17O/c1-3(29)2-4(12,13)5(14,15)6(16,17)7(18,19)8(20,21)9(22,23)10(24,25)11(26,27)28/h3,29H,2H2,1H3. The maximum absolute atomic E-state index is 13.2. The number of aliphatic hydroxyl groups is 1. The van der Waals surface area contributed by atoms with Crippen molar-refractivity contribution in [3.05, 3.63) is 0 Å². The van der Waals surface area contributed by atoms with Crippen LogP contribution in [0.2, 0.25) is 0 Å². The van der Waals surface area contributed by atoms with Crippen molar-refractivity contribution in [2.24, 2.45) is 0 Å². The van der Waals surface area contributed by atoms with Crippen molar-refractivity contribution >= 4 is 0 Å². The molecule has 0 radical (unpaired) electrons. The van der Waals surface area contributed by atoms with Crippen LogP contribution in [-0.4, -0.2) is 58.8 Å². The molecule has 0 amide bonds. The predicted molar refractivity (Wildman–Crippen MR) is 57.0 cm³/mol. The van der Waals surface area contributed by atoms with Crippen LogP contribution in [0.3, 0.4) is 0 Å². The van der Waals surface area contributed by atoms with Crippen LogP contribution < -0.4 is 0 Å². The molecule has 0 aliphatic rings. The normalized spacial score (nSPS) is 17.5. The largest absolute Gasteiger partial charge is 0.460 e. The molecule has 176 valence electrons. The molecule has 0 saturated carbocycles. The van der Waals surface area contributed by atoms with Gasteiger partial charge in [-0.3, -0.25) is 0 Å². The lowest BCUT2D eigenvalue weighted by atomic mass is 9.88. The highest BCUT2D eigenvalue weighted by Crippen LogP contribution is 2.64. The molecule has 1 nitrogen and oxygen atoms in total. The van der Waals surface area contributed by atoms with Crippen LogP contribution in [0, 0.1) is 0 Å². The summed E-state index contributed by atoms with van der Waals surface area (Å²) in [6.45, 7) is 0.187.